The summed E-state index contributed by atoms with van der Waals surface area (Å²) in [5, 5.41) is 0. The third-order valence-electron chi connectivity index (χ3n) is 0.824. The Morgan fingerprint density at radius 2 is 1.50 bits per heavy atom. The van der Waals surface area contributed by atoms with Gasteiger partial charge in [0.05, 0.1) is 0 Å². The SMILES string of the molecule is COP(=O)(O)OP(=O)(O)CP(=O)(O)O. The van der Waals surface area contributed by atoms with Crippen LogP contribution >= 0.6 is 23.0 Å². The van der Waals surface area contributed by atoms with Gasteiger partial charge in [-0.2, -0.15) is 0 Å². The number of phosphoric acid groups is 1. The topological polar surface area (TPSA) is 151 Å². The predicted octanol–water partition coefficient (Wildman–Crippen LogP) is 0.0704. The molecule has 12 heteroatoms. The van der Waals surface area contributed by atoms with E-state index in [0.29, 0.717) is 0 Å². The monoisotopic (exact) mass is 270 g/mol. The van der Waals surface area contributed by atoms with Crippen molar-refractivity contribution in [1.29, 1.82) is 0 Å². The molecule has 14 heavy (non-hydrogen) atoms. The molecule has 0 fully saturated rings. The van der Waals surface area contributed by atoms with Crippen molar-refractivity contribution >= 4 is 23.0 Å². The Morgan fingerprint density at radius 1 is 1.07 bits per heavy atom. The van der Waals surface area contributed by atoms with E-state index in [4.69, 9.17) is 19.6 Å². The van der Waals surface area contributed by atoms with E-state index in [-0.39, 0.29) is 0 Å². The molecule has 0 aromatic heterocycles. The fourth-order valence-electron chi connectivity index (χ4n) is 0.453. The first-order chi connectivity index (χ1) is 5.97. The van der Waals surface area contributed by atoms with E-state index in [2.05, 4.69) is 8.83 Å². The molecular formula is C2H9O9P3. The van der Waals surface area contributed by atoms with Crippen molar-refractivity contribution in [1.82, 2.24) is 0 Å². The van der Waals surface area contributed by atoms with E-state index in [9.17, 15) is 13.7 Å². The first-order valence-corrected chi connectivity index (χ1v) is 7.99. The molecule has 9 nitrogen and oxygen atoms in total. The highest BCUT2D eigenvalue weighted by molar-refractivity contribution is 7.73. The number of rotatable bonds is 5. The van der Waals surface area contributed by atoms with E-state index < -0.39 is 28.9 Å². The summed E-state index contributed by atoms with van der Waals surface area (Å²) in [5.74, 6) is -1.55. The molecule has 4 N–H and O–H groups in total. The van der Waals surface area contributed by atoms with Gasteiger partial charge in [-0.15, -0.1) is 0 Å². The van der Waals surface area contributed by atoms with Gasteiger partial charge in [-0.3, -0.25) is 13.7 Å². The van der Waals surface area contributed by atoms with Gasteiger partial charge in [-0.25, -0.2) is 8.88 Å². The first-order valence-electron chi connectivity index (χ1n) is 2.94. The minimum atomic E-state index is -4.85. The highest BCUT2D eigenvalue weighted by Gasteiger charge is 2.38. The summed E-state index contributed by atoms with van der Waals surface area (Å²) in [5.41, 5.74) is 0. The van der Waals surface area contributed by atoms with Crippen LogP contribution in [-0.4, -0.2) is 32.6 Å². The van der Waals surface area contributed by atoms with Crippen molar-refractivity contribution < 1.29 is 42.1 Å². The second-order valence-corrected chi connectivity index (χ2v) is 7.87. The minimum absolute atomic E-state index is 0.734. The van der Waals surface area contributed by atoms with Gasteiger partial charge in [0.15, 0.2) is 5.90 Å². The quantitative estimate of drug-likeness (QED) is 0.508. The summed E-state index contributed by atoms with van der Waals surface area (Å²) in [4.78, 5) is 33.9. The Bertz CT molecular complexity index is 327. The van der Waals surface area contributed by atoms with Crippen LogP contribution in [0, 0.1) is 0 Å². The molecule has 0 saturated heterocycles. The van der Waals surface area contributed by atoms with E-state index in [1.54, 1.807) is 0 Å². The zero-order chi connectivity index (χ0) is 11.6. The van der Waals surface area contributed by atoms with Crippen LogP contribution in [-0.2, 0) is 22.5 Å². The standard InChI is InChI=1S/C2H9O9P3/c1-10-14(8,9)11-13(6,7)2-12(3,4)5/h2H2,1H3,(H,6,7)(H,8,9)(H2,3,4,5). The number of phosphoric ester groups is 1. The summed E-state index contributed by atoms with van der Waals surface area (Å²) in [6.07, 6.45) is 0. The fourth-order valence-corrected chi connectivity index (χ4v) is 4.54. The van der Waals surface area contributed by atoms with Gasteiger partial charge in [-0.05, 0) is 0 Å². The Kier molecular flexibility index (Phi) is 4.68. The van der Waals surface area contributed by atoms with Gasteiger partial charge >= 0.3 is 23.0 Å². The molecule has 0 amide bonds. The molecule has 2 unspecified atom stereocenters. The Hall–Kier alpha value is 0.450. The van der Waals surface area contributed by atoms with Crippen LogP contribution in [0.15, 0.2) is 0 Å². The maximum atomic E-state index is 10.8. The van der Waals surface area contributed by atoms with Crippen LogP contribution in [0.5, 0.6) is 0 Å². The second-order valence-electron chi connectivity index (χ2n) is 2.18. The Morgan fingerprint density at radius 3 is 1.79 bits per heavy atom. The molecule has 0 rings (SSSR count). The minimum Gasteiger partial charge on any atom is -0.324 e. The molecular weight excluding hydrogens is 261 g/mol. The van der Waals surface area contributed by atoms with E-state index in [1.165, 1.54) is 0 Å². The van der Waals surface area contributed by atoms with Crippen LogP contribution in [0.1, 0.15) is 0 Å². The van der Waals surface area contributed by atoms with Gasteiger partial charge in [0.2, 0.25) is 0 Å². The van der Waals surface area contributed by atoms with Crippen LogP contribution < -0.4 is 0 Å². The summed E-state index contributed by atoms with van der Waals surface area (Å²) >= 11 is 0. The summed E-state index contributed by atoms with van der Waals surface area (Å²) in [6.45, 7) is 0. The lowest BCUT2D eigenvalue weighted by Gasteiger charge is -2.14. The molecule has 0 bridgehead atoms. The highest BCUT2D eigenvalue weighted by Crippen LogP contribution is 2.64. The first kappa shape index (κ1) is 14.5. The van der Waals surface area contributed by atoms with Crippen LogP contribution in [0.25, 0.3) is 0 Å². The molecule has 0 aliphatic carbocycles. The van der Waals surface area contributed by atoms with Crippen LogP contribution in [0.2, 0.25) is 0 Å². The normalized spacial score (nSPS) is 21.2. The maximum Gasteiger partial charge on any atom is 0.479 e. The van der Waals surface area contributed by atoms with Gasteiger partial charge in [-0.1, -0.05) is 0 Å². The van der Waals surface area contributed by atoms with E-state index in [0.717, 1.165) is 7.11 Å². The molecule has 0 aromatic rings. The third-order valence-corrected chi connectivity index (χ3v) is 6.04. The zero-order valence-corrected chi connectivity index (χ0v) is 9.56. The second kappa shape index (κ2) is 4.53. The Balaban J connectivity index is 4.60. The Labute approximate surface area is 79.0 Å². The molecule has 0 radical (unpaired) electrons. The van der Waals surface area contributed by atoms with Crippen molar-refractivity contribution in [3.8, 4) is 0 Å². The molecule has 0 aliphatic rings. The van der Waals surface area contributed by atoms with Crippen molar-refractivity contribution in [3.63, 3.8) is 0 Å². The molecule has 0 heterocycles. The lowest BCUT2D eigenvalue weighted by Crippen LogP contribution is -1.95. The fraction of sp³-hybridized carbons (Fsp3) is 1.00. The number of hydrogen-bond donors (Lipinski definition) is 4. The van der Waals surface area contributed by atoms with E-state index in [1.807, 2.05) is 0 Å². The van der Waals surface area contributed by atoms with Crippen LogP contribution in [0.3, 0.4) is 0 Å². The zero-order valence-electron chi connectivity index (χ0n) is 6.88. The lowest BCUT2D eigenvalue weighted by molar-refractivity contribution is 0.231. The largest absolute Gasteiger partial charge is 0.479 e. The number of hydrogen-bond acceptors (Lipinski definition) is 5. The third kappa shape index (κ3) is 6.84. The van der Waals surface area contributed by atoms with Gasteiger partial charge < -0.3 is 19.6 Å². The summed E-state index contributed by atoms with van der Waals surface area (Å²) in [7, 11) is -13.7. The van der Waals surface area contributed by atoms with Gasteiger partial charge in [0.25, 0.3) is 0 Å². The van der Waals surface area contributed by atoms with Crippen molar-refractivity contribution in [2.75, 3.05) is 13.0 Å². The molecule has 0 saturated carbocycles. The van der Waals surface area contributed by atoms with Crippen molar-refractivity contribution in [2.24, 2.45) is 0 Å². The summed E-state index contributed by atoms with van der Waals surface area (Å²) in [6, 6.07) is 0. The smallest absolute Gasteiger partial charge is 0.324 e. The molecule has 0 aliphatic heterocycles. The average molecular weight is 270 g/mol. The van der Waals surface area contributed by atoms with Crippen LogP contribution in [0.4, 0.5) is 0 Å². The van der Waals surface area contributed by atoms with Crippen molar-refractivity contribution in [2.45, 2.75) is 0 Å². The molecule has 86 valence electrons. The van der Waals surface area contributed by atoms with E-state index >= 15 is 0 Å². The molecule has 0 spiro atoms. The molecule has 2 atom stereocenters. The maximum absolute atomic E-state index is 10.8. The van der Waals surface area contributed by atoms with Crippen molar-refractivity contribution in [3.05, 3.63) is 0 Å². The van der Waals surface area contributed by atoms with Gasteiger partial charge in [0.1, 0.15) is 0 Å². The average Bonchev–Trinajstić information content (AvgIpc) is 1.78. The predicted molar refractivity (Wildman–Crippen MR) is 44.7 cm³/mol. The van der Waals surface area contributed by atoms with Gasteiger partial charge in [0, 0.05) is 7.11 Å². The summed E-state index contributed by atoms with van der Waals surface area (Å²) < 4.78 is 39.2. The highest BCUT2D eigenvalue weighted by atomic mass is 31.3. The lowest BCUT2D eigenvalue weighted by atomic mass is 11.8. The molecule has 0 aromatic carbocycles.